The van der Waals surface area contributed by atoms with Crippen LogP contribution in [0.3, 0.4) is 0 Å². The molecule has 0 heterocycles. The highest BCUT2D eigenvalue weighted by molar-refractivity contribution is 9.50. The SMILES string of the molecule is O=C(c1ccccc1)c1cc([N+](=O)[O-])ccc1SBr. The molecule has 0 bridgehead atoms. The van der Waals surface area contributed by atoms with Crippen LogP contribution >= 0.6 is 25.0 Å². The summed E-state index contributed by atoms with van der Waals surface area (Å²) in [5.41, 5.74) is 0.734. The van der Waals surface area contributed by atoms with Gasteiger partial charge in [-0.05, 0) is 31.1 Å². The maximum atomic E-state index is 12.3. The van der Waals surface area contributed by atoms with Gasteiger partial charge in [-0.3, -0.25) is 14.9 Å². The third kappa shape index (κ3) is 3.02. The molecule has 0 saturated carbocycles. The maximum Gasteiger partial charge on any atom is 0.270 e. The molecular weight excluding hydrogens is 330 g/mol. The second-order valence-corrected chi connectivity index (χ2v) is 5.28. The topological polar surface area (TPSA) is 60.2 Å². The first-order valence-electron chi connectivity index (χ1n) is 5.30. The van der Waals surface area contributed by atoms with Crippen molar-refractivity contribution in [1.82, 2.24) is 0 Å². The van der Waals surface area contributed by atoms with Gasteiger partial charge in [-0.25, -0.2) is 0 Å². The molecule has 0 atom stereocenters. The Morgan fingerprint density at radius 1 is 1.16 bits per heavy atom. The van der Waals surface area contributed by atoms with Crippen LogP contribution in [-0.2, 0) is 0 Å². The third-order valence-corrected chi connectivity index (χ3v) is 4.11. The lowest BCUT2D eigenvalue weighted by atomic mass is 10.0. The molecule has 0 unspecified atom stereocenters. The van der Waals surface area contributed by atoms with E-state index in [2.05, 4.69) is 14.8 Å². The molecule has 0 spiro atoms. The van der Waals surface area contributed by atoms with Crippen LogP contribution in [0.5, 0.6) is 0 Å². The highest BCUT2D eigenvalue weighted by Crippen LogP contribution is 2.32. The van der Waals surface area contributed by atoms with Crippen LogP contribution in [0.15, 0.2) is 53.4 Å². The first-order chi connectivity index (χ1) is 9.13. The zero-order valence-electron chi connectivity index (χ0n) is 9.58. The van der Waals surface area contributed by atoms with Gasteiger partial charge in [-0.15, -0.1) is 0 Å². The van der Waals surface area contributed by atoms with Crippen LogP contribution in [0.4, 0.5) is 5.69 Å². The van der Waals surface area contributed by atoms with Gasteiger partial charge in [0, 0.05) is 28.2 Å². The Balaban J connectivity index is 2.51. The number of halogens is 1. The molecule has 0 fully saturated rings. The largest absolute Gasteiger partial charge is 0.289 e. The lowest BCUT2D eigenvalue weighted by Gasteiger charge is -2.05. The number of nitro benzene ring substituents is 1. The number of ketones is 1. The van der Waals surface area contributed by atoms with Crippen LogP contribution in [0.1, 0.15) is 15.9 Å². The van der Waals surface area contributed by atoms with E-state index in [-0.39, 0.29) is 11.5 Å². The number of non-ortho nitro benzene ring substituents is 1. The summed E-state index contributed by atoms with van der Waals surface area (Å²) in [6.07, 6.45) is 0. The van der Waals surface area contributed by atoms with Crippen molar-refractivity contribution in [2.75, 3.05) is 0 Å². The fourth-order valence-electron chi connectivity index (χ4n) is 1.62. The highest BCUT2D eigenvalue weighted by atomic mass is 79.9. The second kappa shape index (κ2) is 5.99. The van der Waals surface area contributed by atoms with Gasteiger partial charge < -0.3 is 0 Å². The number of benzene rings is 2. The fourth-order valence-corrected chi connectivity index (χ4v) is 2.82. The molecule has 2 aromatic rings. The summed E-state index contributed by atoms with van der Waals surface area (Å²) in [4.78, 5) is 23.3. The lowest BCUT2D eigenvalue weighted by Crippen LogP contribution is -2.03. The Hall–Kier alpha value is -1.66. The van der Waals surface area contributed by atoms with Gasteiger partial charge in [0.25, 0.3) is 5.69 Å². The Kier molecular flexibility index (Phi) is 4.34. The Morgan fingerprint density at radius 3 is 2.42 bits per heavy atom. The monoisotopic (exact) mass is 337 g/mol. The molecule has 2 rings (SSSR count). The maximum absolute atomic E-state index is 12.3. The summed E-state index contributed by atoms with van der Waals surface area (Å²) in [7, 11) is 1.21. The Labute approximate surface area is 121 Å². The molecule has 0 aliphatic heterocycles. The molecule has 19 heavy (non-hydrogen) atoms. The van der Waals surface area contributed by atoms with Crippen LogP contribution in [0.25, 0.3) is 0 Å². The average molecular weight is 338 g/mol. The number of nitrogens with zero attached hydrogens (tertiary/aromatic N) is 1. The molecule has 0 aliphatic rings. The standard InChI is InChI=1S/C13H8BrNO3S/c14-19-12-7-6-10(15(17)18)8-11(12)13(16)9-4-2-1-3-5-9/h1-8H. The average Bonchev–Trinajstić information content (AvgIpc) is 2.46. The van der Waals surface area contributed by atoms with Crippen molar-refractivity contribution in [1.29, 1.82) is 0 Å². The van der Waals surface area contributed by atoms with Crippen molar-refractivity contribution in [3.63, 3.8) is 0 Å². The Morgan fingerprint density at radius 2 is 1.84 bits per heavy atom. The molecule has 0 N–H and O–H groups in total. The van der Waals surface area contributed by atoms with E-state index in [1.54, 1.807) is 30.3 Å². The number of rotatable bonds is 4. The normalized spacial score (nSPS) is 10.2. The van der Waals surface area contributed by atoms with E-state index in [0.717, 1.165) is 0 Å². The number of carbonyl (C=O) groups excluding carboxylic acids is 1. The van der Waals surface area contributed by atoms with Crippen LogP contribution in [0, 0.1) is 10.1 Å². The summed E-state index contributed by atoms with van der Waals surface area (Å²) in [6.45, 7) is 0. The van der Waals surface area contributed by atoms with Crippen molar-refractivity contribution in [2.24, 2.45) is 0 Å². The van der Waals surface area contributed by atoms with E-state index in [9.17, 15) is 14.9 Å². The fraction of sp³-hybridized carbons (Fsp3) is 0. The van der Waals surface area contributed by atoms with E-state index in [1.165, 1.54) is 22.3 Å². The molecule has 0 aromatic heterocycles. The minimum Gasteiger partial charge on any atom is -0.289 e. The first-order valence-corrected chi connectivity index (χ1v) is 7.96. The second-order valence-electron chi connectivity index (χ2n) is 3.71. The van der Waals surface area contributed by atoms with Crippen LogP contribution in [0.2, 0.25) is 0 Å². The zero-order valence-corrected chi connectivity index (χ0v) is 12.0. The van der Waals surface area contributed by atoms with Crippen molar-refractivity contribution >= 4 is 36.5 Å². The van der Waals surface area contributed by atoms with Gasteiger partial charge >= 0.3 is 0 Å². The summed E-state index contributed by atoms with van der Waals surface area (Å²) < 4.78 is 0. The minimum atomic E-state index is -0.509. The lowest BCUT2D eigenvalue weighted by molar-refractivity contribution is -0.384. The van der Waals surface area contributed by atoms with Crippen LogP contribution < -0.4 is 0 Å². The van der Waals surface area contributed by atoms with Gasteiger partial charge in [0.2, 0.25) is 0 Å². The molecule has 2 aromatic carbocycles. The molecule has 0 aliphatic carbocycles. The van der Waals surface area contributed by atoms with Gasteiger partial charge in [0.05, 0.1) is 4.92 Å². The smallest absolute Gasteiger partial charge is 0.270 e. The minimum absolute atomic E-state index is 0.0930. The Bertz CT molecular complexity index is 631. The summed E-state index contributed by atoms with van der Waals surface area (Å²) in [6, 6.07) is 12.9. The molecule has 6 heteroatoms. The van der Waals surface area contributed by atoms with Gasteiger partial charge in [0.1, 0.15) is 0 Å². The molecule has 0 radical (unpaired) electrons. The molecule has 96 valence electrons. The third-order valence-electron chi connectivity index (χ3n) is 2.54. The molecule has 0 amide bonds. The van der Waals surface area contributed by atoms with Gasteiger partial charge in [0.15, 0.2) is 5.78 Å². The number of hydrogen-bond donors (Lipinski definition) is 0. The number of hydrogen-bond acceptors (Lipinski definition) is 4. The number of carbonyl (C=O) groups is 1. The van der Waals surface area contributed by atoms with Crippen molar-refractivity contribution in [2.45, 2.75) is 4.90 Å². The number of nitro groups is 1. The van der Waals surface area contributed by atoms with Crippen molar-refractivity contribution < 1.29 is 9.72 Å². The quantitative estimate of drug-likeness (QED) is 0.476. The predicted molar refractivity (Wildman–Crippen MR) is 77.8 cm³/mol. The molecule has 0 saturated heterocycles. The van der Waals surface area contributed by atoms with Crippen LogP contribution in [-0.4, -0.2) is 10.7 Å². The zero-order chi connectivity index (χ0) is 13.8. The highest BCUT2D eigenvalue weighted by Gasteiger charge is 2.17. The van der Waals surface area contributed by atoms with E-state index in [1.807, 2.05) is 6.07 Å². The predicted octanol–water partition coefficient (Wildman–Crippen LogP) is 4.23. The van der Waals surface area contributed by atoms with Crippen molar-refractivity contribution in [3.05, 3.63) is 69.8 Å². The van der Waals surface area contributed by atoms with E-state index in [0.29, 0.717) is 16.0 Å². The summed E-state index contributed by atoms with van der Waals surface area (Å²) >= 11 is 3.21. The summed E-state index contributed by atoms with van der Waals surface area (Å²) in [5, 5.41) is 10.8. The van der Waals surface area contributed by atoms with Gasteiger partial charge in [-0.2, -0.15) is 0 Å². The molecular formula is C13H8BrNO3S. The van der Waals surface area contributed by atoms with Gasteiger partial charge in [-0.1, -0.05) is 30.3 Å². The molecule has 4 nitrogen and oxygen atoms in total. The summed E-state index contributed by atoms with van der Waals surface area (Å²) in [5.74, 6) is -0.230. The van der Waals surface area contributed by atoms with Crippen molar-refractivity contribution in [3.8, 4) is 0 Å². The first kappa shape index (κ1) is 13.8. The van der Waals surface area contributed by atoms with E-state index < -0.39 is 4.92 Å². The van der Waals surface area contributed by atoms with E-state index >= 15 is 0 Å². The van der Waals surface area contributed by atoms with E-state index in [4.69, 9.17) is 0 Å².